The fourth-order valence-corrected chi connectivity index (χ4v) is 1.82. The highest BCUT2D eigenvalue weighted by Gasteiger charge is 2.22. The number of nitrogens with zero attached hydrogens (tertiary/aromatic N) is 1. The molecule has 2 nitrogen and oxygen atoms in total. The van der Waals surface area contributed by atoms with Crippen LogP contribution >= 0.6 is 0 Å². The molecule has 1 rings (SSSR count). The van der Waals surface area contributed by atoms with E-state index in [4.69, 9.17) is 5.41 Å². The maximum absolute atomic E-state index is 8.05. The number of allylic oxidation sites excluding steroid dienone is 2. The van der Waals surface area contributed by atoms with Crippen LogP contribution in [0.15, 0.2) is 17.1 Å². The van der Waals surface area contributed by atoms with Gasteiger partial charge in [-0.05, 0) is 36.7 Å². The first-order chi connectivity index (χ1) is 7.41. The van der Waals surface area contributed by atoms with Crippen LogP contribution in [-0.4, -0.2) is 18.0 Å². The molecule has 1 aliphatic rings. The number of hydrogen-bond donors (Lipinski definition) is 1. The highest BCUT2D eigenvalue weighted by Crippen LogP contribution is 2.28. The number of hydrogen-bond acceptors (Lipinski definition) is 2. The van der Waals surface area contributed by atoms with Crippen molar-refractivity contribution in [2.45, 2.75) is 47.0 Å². The third kappa shape index (κ3) is 4.30. The molecule has 0 saturated heterocycles. The SMILES string of the molecule is CC(C)CCN=C1C=CCC(C)(C)CC1=N. The van der Waals surface area contributed by atoms with Gasteiger partial charge in [-0.15, -0.1) is 0 Å². The topological polar surface area (TPSA) is 36.2 Å². The summed E-state index contributed by atoms with van der Waals surface area (Å²) in [5.74, 6) is 0.685. The van der Waals surface area contributed by atoms with Gasteiger partial charge in [0, 0.05) is 6.54 Å². The lowest BCUT2D eigenvalue weighted by molar-refractivity contribution is 0.391. The molecule has 0 unspecified atom stereocenters. The van der Waals surface area contributed by atoms with Gasteiger partial charge in [-0.3, -0.25) is 4.99 Å². The first-order valence-corrected chi connectivity index (χ1v) is 6.19. The molecule has 0 aliphatic heterocycles. The van der Waals surface area contributed by atoms with E-state index in [9.17, 15) is 0 Å². The molecule has 0 radical (unpaired) electrons. The Morgan fingerprint density at radius 3 is 2.75 bits per heavy atom. The molecule has 1 N–H and O–H groups in total. The van der Waals surface area contributed by atoms with Crippen LogP contribution in [0.3, 0.4) is 0 Å². The maximum Gasteiger partial charge on any atom is 0.0778 e. The van der Waals surface area contributed by atoms with Gasteiger partial charge in [0.25, 0.3) is 0 Å². The Hall–Kier alpha value is -0.920. The van der Waals surface area contributed by atoms with Gasteiger partial charge in [0.05, 0.1) is 11.4 Å². The van der Waals surface area contributed by atoms with Gasteiger partial charge in [0.2, 0.25) is 0 Å². The predicted molar refractivity (Wildman–Crippen MR) is 71.6 cm³/mol. The maximum atomic E-state index is 8.05. The van der Waals surface area contributed by atoms with Crippen molar-refractivity contribution >= 4 is 11.4 Å². The van der Waals surface area contributed by atoms with Crippen molar-refractivity contribution in [1.29, 1.82) is 5.41 Å². The normalized spacial score (nSPS) is 22.8. The summed E-state index contributed by atoms with van der Waals surface area (Å²) in [5, 5.41) is 8.05. The monoisotopic (exact) mass is 220 g/mol. The summed E-state index contributed by atoms with van der Waals surface area (Å²) in [6.45, 7) is 9.68. The minimum absolute atomic E-state index is 0.211. The average Bonchev–Trinajstić information content (AvgIpc) is 2.24. The summed E-state index contributed by atoms with van der Waals surface area (Å²) in [4.78, 5) is 4.54. The molecule has 0 spiro atoms. The summed E-state index contributed by atoms with van der Waals surface area (Å²) in [5.41, 5.74) is 1.80. The zero-order valence-corrected chi connectivity index (χ0v) is 11.0. The quantitative estimate of drug-likeness (QED) is 0.749. The molecule has 0 aromatic rings. The second-order valence-corrected chi connectivity index (χ2v) is 5.88. The molecule has 0 saturated carbocycles. The third-order valence-corrected chi connectivity index (χ3v) is 2.90. The van der Waals surface area contributed by atoms with Crippen molar-refractivity contribution < 1.29 is 0 Å². The average molecular weight is 220 g/mol. The van der Waals surface area contributed by atoms with Gasteiger partial charge < -0.3 is 5.41 Å². The minimum Gasteiger partial charge on any atom is -0.303 e. The lowest BCUT2D eigenvalue weighted by Gasteiger charge is -2.20. The van der Waals surface area contributed by atoms with Crippen LogP contribution in [0.4, 0.5) is 0 Å². The zero-order chi connectivity index (χ0) is 12.2. The second kappa shape index (κ2) is 5.42. The molecule has 90 valence electrons. The molecule has 0 fully saturated rings. The van der Waals surface area contributed by atoms with Gasteiger partial charge in [-0.2, -0.15) is 0 Å². The zero-order valence-electron chi connectivity index (χ0n) is 11.0. The van der Waals surface area contributed by atoms with E-state index in [0.717, 1.165) is 31.5 Å². The van der Waals surface area contributed by atoms with Crippen molar-refractivity contribution in [1.82, 2.24) is 0 Å². The molecule has 0 aromatic carbocycles. The standard InChI is InChI=1S/C14H24N2/c1-11(2)7-9-16-13-6-5-8-14(3,4)10-12(13)15/h5-6,11,15H,7-10H2,1-4H3. The summed E-state index contributed by atoms with van der Waals surface area (Å²) < 4.78 is 0. The van der Waals surface area contributed by atoms with Crippen LogP contribution in [0.1, 0.15) is 47.0 Å². The van der Waals surface area contributed by atoms with Crippen molar-refractivity contribution in [2.75, 3.05) is 6.54 Å². The van der Waals surface area contributed by atoms with Crippen LogP contribution in [0, 0.1) is 16.7 Å². The van der Waals surface area contributed by atoms with Crippen molar-refractivity contribution in [2.24, 2.45) is 16.3 Å². The molecule has 0 aromatic heterocycles. The van der Waals surface area contributed by atoms with Crippen molar-refractivity contribution in [3.63, 3.8) is 0 Å². The molecular formula is C14H24N2. The third-order valence-electron chi connectivity index (χ3n) is 2.90. The van der Waals surface area contributed by atoms with Crippen LogP contribution < -0.4 is 0 Å². The number of rotatable bonds is 3. The van der Waals surface area contributed by atoms with Gasteiger partial charge >= 0.3 is 0 Å². The van der Waals surface area contributed by atoms with Gasteiger partial charge in [0.1, 0.15) is 0 Å². The summed E-state index contributed by atoms with van der Waals surface area (Å²) in [6, 6.07) is 0. The van der Waals surface area contributed by atoms with Crippen molar-refractivity contribution in [3.05, 3.63) is 12.2 Å². The Morgan fingerprint density at radius 2 is 2.12 bits per heavy atom. The van der Waals surface area contributed by atoms with Crippen LogP contribution in [-0.2, 0) is 0 Å². The van der Waals surface area contributed by atoms with E-state index in [1.807, 2.05) is 6.08 Å². The van der Waals surface area contributed by atoms with Crippen LogP contribution in [0.25, 0.3) is 0 Å². The van der Waals surface area contributed by atoms with Crippen molar-refractivity contribution in [3.8, 4) is 0 Å². The molecular weight excluding hydrogens is 196 g/mol. The predicted octanol–water partition coefficient (Wildman–Crippen LogP) is 3.87. The Balaban J connectivity index is 2.64. The molecule has 0 amide bonds. The largest absolute Gasteiger partial charge is 0.303 e. The second-order valence-electron chi connectivity index (χ2n) is 5.88. The molecule has 0 heterocycles. The number of aliphatic imine (C=N–C) groups is 1. The molecule has 1 aliphatic carbocycles. The Kier molecular flexibility index (Phi) is 4.45. The molecule has 16 heavy (non-hydrogen) atoms. The smallest absolute Gasteiger partial charge is 0.0778 e. The van der Waals surface area contributed by atoms with E-state index in [2.05, 4.69) is 38.8 Å². The van der Waals surface area contributed by atoms with Gasteiger partial charge in [0.15, 0.2) is 0 Å². The Labute approximate surface area is 99.4 Å². The summed E-state index contributed by atoms with van der Waals surface area (Å²) >= 11 is 0. The van der Waals surface area contributed by atoms with E-state index < -0.39 is 0 Å². The van der Waals surface area contributed by atoms with Crippen LogP contribution in [0.2, 0.25) is 0 Å². The lowest BCUT2D eigenvalue weighted by Crippen LogP contribution is -2.18. The minimum atomic E-state index is 0.211. The van der Waals surface area contributed by atoms with Gasteiger partial charge in [-0.1, -0.05) is 33.8 Å². The number of nitrogens with one attached hydrogen (secondary N) is 1. The summed E-state index contributed by atoms with van der Waals surface area (Å²) in [6.07, 6.45) is 7.17. The van der Waals surface area contributed by atoms with E-state index in [1.165, 1.54) is 0 Å². The van der Waals surface area contributed by atoms with E-state index in [1.54, 1.807) is 0 Å². The van der Waals surface area contributed by atoms with E-state index in [-0.39, 0.29) is 5.41 Å². The lowest BCUT2D eigenvalue weighted by atomic mass is 9.85. The Morgan fingerprint density at radius 1 is 1.44 bits per heavy atom. The first-order valence-electron chi connectivity index (χ1n) is 6.19. The summed E-state index contributed by atoms with van der Waals surface area (Å²) in [7, 11) is 0. The first kappa shape index (κ1) is 13.1. The highest BCUT2D eigenvalue weighted by atomic mass is 14.7. The molecule has 2 heteroatoms. The molecule has 0 atom stereocenters. The Bertz CT molecular complexity index is 309. The fourth-order valence-electron chi connectivity index (χ4n) is 1.82. The molecule has 0 bridgehead atoms. The van der Waals surface area contributed by atoms with E-state index in [0.29, 0.717) is 11.6 Å². The van der Waals surface area contributed by atoms with Gasteiger partial charge in [-0.25, -0.2) is 0 Å². The van der Waals surface area contributed by atoms with E-state index >= 15 is 0 Å². The van der Waals surface area contributed by atoms with Crippen LogP contribution in [0.5, 0.6) is 0 Å². The highest BCUT2D eigenvalue weighted by molar-refractivity contribution is 6.45. The fraction of sp³-hybridized carbons (Fsp3) is 0.714.